The molecule has 5 heteroatoms. The Kier molecular flexibility index (Phi) is 5.79. The highest BCUT2D eigenvalue weighted by atomic mass is 16.4. The van der Waals surface area contributed by atoms with Crippen LogP contribution in [0, 0.1) is 11.3 Å². The van der Waals surface area contributed by atoms with E-state index in [0.717, 1.165) is 25.7 Å². The van der Waals surface area contributed by atoms with Crippen LogP contribution in [0.25, 0.3) is 0 Å². The topological polar surface area (TPSA) is 92.4 Å². The van der Waals surface area contributed by atoms with E-state index < -0.39 is 17.4 Å². The van der Waals surface area contributed by atoms with E-state index in [1.54, 1.807) is 0 Å². The number of nitrogens with one attached hydrogen (secondary N) is 1. The van der Waals surface area contributed by atoms with Gasteiger partial charge in [-0.2, -0.15) is 0 Å². The Labute approximate surface area is 114 Å². The van der Waals surface area contributed by atoms with E-state index in [2.05, 4.69) is 5.32 Å². The number of carbonyl (C=O) groups is 2. The van der Waals surface area contributed by atoms with Crippen molar-refractivity contribution in [1.29, 1.82) is 0 Å². The minimum atomic E-state index is -0.801. The maximum atomic E-state index is 11.9. The Balaban J connectivity index is 2.57. The summed E-state index contributed by atoms with van der Waals surface area (Å²) in [6.07, 6.45) is 5.02. The van der Waals surface area contributed by atoms with E-state index in [1.165, 1.54) is 0 Å². The van der Waals surface area contributed by atoms with Gasteiger partial charge < -0.3 is 16.2 Å². The number of nitrogens with two attached hydrogens (primary N) is 1. The molecule has 0 aromatic rings. The van der Waals surface area contributed by atoms with Crippen molar-refractivity contribution in [2.24, 2.45) is 17.1 Å². The van der Waals surface area contributed by atoms with Crippen molar-refractivity contribution in [2.45, 2.75) is 58.4 Å². The fourth-order valence-electron chi connectivity index (χ4n) is 2.58. The van der Waals surface area contributed by atoms with E-state index in [-0.39, 0.29) is 18.4 Å². The Bertz CT molecular complexity index is 325. The van der Waals surface area contributed by atoms with Gasteiger partial charge in [-0.05, 0) is 18.8 Å². The van der Waals surface area contributed by atoms with E-state index in [1.807, 2.05) is 13.8 Å². The molecule has 0 aromatic heterocycles. The predicted octanol–water partition coefficient (Wildman–Crippen LogP) is 1.51. The van der Waals surface area contributed by atoms with Gasteiger partial charge in [-0.25, -0.2) is 0 Å². The molecule has 1 saturated carbocycles. The minimum absolute atomic E-state index is 0.104. The zero-order valence-electron chi connectivity index (χ0n) is 11.9. The van der Waals surface area contributed by atoms with Crippen LogP contribution < -0.4 is 11.1 Å². The zero-order chi connectivity index (χ0) is 14.5. The molecule has 0 aliphatic heterocycles. The molecule has 0 bridgehead atoms. The van der Waals surface area contributed by atoms with Gasteiger partial charge in [0.15, 0.2) is 0 Å². The van der Waals surface area contributed by atoms with Crippen LogP contribution in [-0.4, -0.2) is 29.6 Å². The Hall–Kier alpha value is -1.10. The molecule has 0 heterocycles. The summed E-state index contributed by atoms with van der Waals surface area (Å²) in [7, 11) is 0. The Morgan fingerprint density at radius 2 is 1.89 bits per heavy atom. The molecule has 2 atom stereocenters. The van der Waals surface area contributed by atoms with Crippen LogP contribution in [0.2, 0.25) is 0 Å². The van der Waals surface area contributed by atoms with E-state index >= 15 is 0 Å². The lowest BCUT2D eigenvalue weighted by Crippen LogP contribution is -2.50. The lowest BCUT2D eigenvalue weighted by Gasteiger charge is -2.33. The molecule has 1 aliphatic carbocycles. The number of hydrogen-bond acceptors (Lipinski definition) is 3. The molecule has 5 nitrogen and oxygen atoms in total. The van der Waals surface area contributed by atoms with Crippen LogP contribution in [0.15, 0.2) is 0 Å². The number of rotatable bonds is 6. The molecule has 0 aromatic carbocycles. The van der Waals surface area contributed by atoms with Crippen molar-refractivity contribution in [2.75, 3.05) is 6.54 Å². The number of carboxylic acid groups (broad SMARTS) is 1. The molecular formula is C14H26N2O3. The minimum Gasteiger partial charge on any atom is -0.481 e. The van der Waals surface area contributed by atoms with Gasteiger partial charge >= 0.3 is 5.97 Å². The van der Waals surface area contributed by atoms with E-state index in [4.69, 9.17) is 5.73 Å². The number of hydrogen-bond donors (Lipinski definition) is 3. The SMILES string of the molecule is CCC(C)C(N)C(=O)NCC1(C(=O)O)CCCCC1. The third kappa shape index (κ3) is 3.93. The fraction of sp³-hybridized carbons (Fsp3) is 0.857. The first kappa shape index (κ1) is 16.0. The molecular weight excluding hydrogens is 244 g/mol. The second kappa shape index (κ2) is 6.89. The van der Waals surface area contributed by atoms with Crippen LogP contribution in [-0.2, 0) is 9.59 Å². The Morgan fingerprint density at radius 1 is 1.32 bits per heavy atom. The van der Waals surface area contributed by atoms with Crippen molar-refractivity contribution in [1.82, 2.24) is 5.32 Å². The summed E-state index contributed by atoms with van der Waals surface area (Å²) in [5, 5.41) is 12.2. The van der Waals surface area contributed by atoms with Gasteiger partial charge in [-0.3, -0.25) is 9.59 Å². The quantitative estimate of drug-likeness (QED) is 0.682. The highest BCUT2D eigenvalue weighted by molar-refractivity contribution is 5.83. The summed E-state index contributed by atoms with van der Waals surface area (Å²) < 4.78 is 0. The summed E-state index contributed by atoms with van der Waals surface area (Å²) in [5.74, 6) is -0.933. The summed E-state index contributed by atoms with van der Waals surface area (Å²) in [6.45, 7) is 4.11. The van der Waals surface area contributed by atoms with Crippen molar-refractivity contribution in [3.05, 3.63) is 0 Å². The van der Waals surface area contributed by atoms with Gasteiger partial charge in [-0.1, -0.05) is 39.5 Å². The van der Waals surface area contributed by atoms with Gasteiger partial charge in [0.2, 0.25) is 5.91 Å². The van der Waals surface area contributed by atoms with Crippen LogP contribution in [0.4, 0.5) is 0 Å². The molecule has 19 heavy (non-hydrogen) atoms. The number of carboxylic acids is 1. The average molecular weight is 270 g/mol. The van der Waals surface area contributed by atoms with Crippen molar-refractivity contribution in [3.8, 4) is 0 Å². The summed E-state index contributed by atoms with van der Waals surface area (Å²) in [5.41, 5.74) is 5.06. The molecule has 4 N–H and O–H groups in total. The standard InChI is InChI=1S/C14H26N2O3/c1-3-10(2)11(15)12(17)16-9-14(13(18)19)7-5-4-6-8-14/h10-11H,3-9,15H2,1-2H3,(H,16,17)(H,18,19). The van der Waals surface area contributed by atoms with Crippen molar-refractivity contribution in [3.63, 3.8) is 0 Å². The first-order valence-corrected chi connectivity index (χ1v) is 7.19. The lowest BCUT2D eigenvalue weighted by atomic mass is 9.74. The fourth-order valence-corrected chi connectivity index (χ4v) is 2.58. The Morgan fingerprint density at radius 3 is 2.37 bits per heavy atom. The largest absolute Gasteiger partial charge is 0.481 e. The molecule has 1 aliphatic rings. The monoisotopic (exact) mass is 270 g/mol. The highest BCUT2D eigenvalue weighted by Gasteiger charge is 2.40. The lowest BCUT2D eigenvalue weighted by molar-refractivity contribution is -0.151. The zero-order valence-corrected chi connectivity index (χ0v) is 11.9. The summed E-state index contributed by atoms with van der Waals surface area (Å²) in [4.78, 5) is 23.4. The molecule has 110 valence electrons. The van der Waals surface area contributed by atoms with Crippen molar-refractivity contribution >= 4 is 11.9 Å². The summed E-state index contributed by atoms with van der Waals surface area (Å²) >= 11 is 0. The molecule has 2 unspecified atom stereocenters. The second-order valence-electron chi connectivity index (χ2n) is 5.78. The van der Waals surface area contributed by atoms with Crippen LogP contribution in [0.3, 0.4) is 0 Å². The van der Waals surface area contributed by atoms with Gasteiger partial charge in [0.1, 0.15) is 0 Å². The van der Waals surface area contributed by atoms with Crippen LogP contribution >= 0.6 is 0 Å². The van der Waals surface area contributed by atoms with Gasteiger partial charge in [0, 0.05) is 6.54 Å². The molecule has 0 spiro atoms. The number of amides is 1. The first-order valence-electron chi connectivity index (χ1n) is 7.19. The third-order valence-electron chi connectivity index (χ3n) is 4.43. The molecule has 1 rings (SSSR count). The summed E-state index contributed by atoms with van der Waals surface area (Å²) in [6, 6.07) is -0.556. The molecule has 0 radical (unpaired) electrons. The van der Waals surface area contributed by atoms with Gasteiger partial charge in [0.05, 0.1) is 11.5 Å². The molecule has 1 fully saturated rings. The van der Waals surface area contributed by atoms with Crippen molar-refractivity contribution < 1.29 is 14.7 Å². The number of aliphatic carboxylic acids is 1. The second-order valence-corrected chi connectivity index (χ2v) is 5.78. The van der Waals surface area contributed by atoms with Gasteiger partial charge in [-0.15, -0.1) is 0 Å². The number of carbonyl (C=O) groups excluding carboxylic acids is 1. The maximum Gasteiger partial charge on any atom is 0.311 e. The predicted molar refractivity (Wildman–Crippen MR) is 73.6 cm³/mol. The van der Waals surface area contributed by atoms with E-state index in [9.17, 15) is 14.7 Å². The maximum absolute atomic E-state index is 11.9. The average Bonchev–Trinajstić information content (AvgIpc) is 2.43. The smallest absolute Gasteiger partial charge is 0.311 e. The van der Waals surface area contributed by atoms with Crippen LogP contribution in [0.5, 0.6) is 0 Å². The molecule has 1 amide bonds. The van der Waals surface area contributed by atoms with Crippen LogP contribution in [0.1, 0.15) is 52.4 Å². The third-order valence-corrected chi connectivity index (χ3v) is 4.43. The van der Waals surface area contributed by atoms with E-state index in [0.29, 0.717) is 12.8 Å². The molecule has 0 saturated heterocycles. The van der Waals surface area contributed by atoms with Gasteiger partial charge in [0.25, 0.3) is 0 Å². The normalized spacial score (nSPS) is 21.4. The highest BCUT2D eigenvalue weighted by Crippen LogP contribution is 2.36. The first-order chi connectivity index (χ1) is 8.93.